The Bertz CT molecular complexity index is 690. The molecule has 0 radical (unpaired) electrons. The first-order chi connectivity index (χ1) is 14.0. The van der Waals surface area contributed by atoms with Crippen LogP contribution in [0.4, 0.5) is 0 Å². The van der Waals surface area contributed by atoms with E-state index in [2.05, 4.69) is 32.9 Å². The molecule has 1 unspecified atom stereocenters. The zero-order chi connectivity index (χ0) is 20.2. The van der Waals surface area contributed by atoms with Gasteiger partial charge in [-0.05, 0) is 105 Å². The van der Waals surface area contributed by atoms with Gasteiger partial charge in [0.25, 0.3) is 0 Å². The van der Waals surface area contributed by atoms with Crippen LogP contribution in [0.15, 0.2) is 23.3 Å². The number of aliphatic hydroxyl groups excluding tert-OH is 1. The SMILES string of the molecule is C/C=C1/[C@H](O)C[C@H]2[C@@H]3CC=C4C[C@@H](OC5CCCCO5)CC[C@]4(C)[C@H]3CC[C@]12C. The van der Waals surface area contributed by atoms with Crippen LogP contribution in [0.2, 0.25) is 0 Å². The molecule has 3 nitrogen and oxygen atoms in total. The fourth-order valence-electron chi connectivity index (χ4n) is 8.16. The molecule has 4 aliphatic carbocycles. The van der Waals surface area contributed by atoms with Crippen LogP contribution >= 0.6 is 0 Å². The number of rotatable bonds is 2. The fraction of sp³-hybridized carbons (Fsp3) is 0.846. The number of hydrogen-bond donors (Lipinski definition) is 1. The van der Waals surface area contributed by atoms with Crippen molar-refractivity contribution in [1.82, 2.24) is 0 Å². The molecule has 1 heterocycles. The predicted octanol–water partition coefficient (Wildman–Crippen LogP) is 5.78. The molecule has 5 rings (SSSR count). The molecule has 1 N–H and O–H groups in total. The van der Waals surface area contributed by atoms with Gasteiger partial charge in [0.05, 0.1) is 12.2 Å². The van der Waals surface area contributed by atoms with Crippen molar-refractivity contribution in [1.29, 1.82) is 0 Å². The van der Waals surface area contributed by atoms with Crippen LogP contribution < -0.4 is 0 Å². The van der Waals surface area contributed by atoms with Gasteiger partial charge >= 0.3 is 0 Å². The van der Waals surface area contributed by atoms with Crippen molar-refractivity contribution < 1.29 is 14.6 Å². The van der Waals surface area contributed by atoms with Crippen LogP contribution in [-0.2, 0) is 9.47 Å². The van der Waals surface area contributed by atoms with Gasteiger partial charge in [0, 0.05) is 6.61 Å². The molecule has 4 fully saturated rings. The number of ether oxygens (including phenoxy) is 2. The average Bonchev–Trinajstić information content (AvgIpc) is 2.98. The molecule has 0 spiro atoms. The molecule has 0 bridgehead atoms. The first kappa shape index (κ1) is 20.3. The lowest BCUT2D eigenvalue weighted by molar-refractivity contribution is -0.195. The van der Waals surface area contributed by atoms with Crippen molar-refractivity contribution in [2.75, 3.05) is 6.61 Å². The van der Waals surface area contributed by atoms with E-state index in [1.54, 1.807) is 5.57 Å². The van der Waals surface area contributed by atoms with Gasteiger partial charge in [-0.15, -0.1) is 0 Å². The summed E-state index contributed by atoms with van der Waals surface area (Å²) in [5.74, 6) is 2.14. The Morgan fingerprint density at radius 3 is 2.69 bits per heavy atom. The Labute approximate surface area is 176 Å². The average molecular weight is 401 g/mol. The highest BCUT2D eigenvalue weighted by atomic mass is 16.7. The number of hydrogen-bond acceptors (Lipinski definition) is 3. The van der Waals surface area contributed by atoms with Gasteiger partial charge in [0.15, 0.2) is 6.29 Å². The molecule has 29 heavy (non-hydrogen) atoms. The quantitative estimate of drug-likeness (QED) is 0.597. The van der Waals surface area contributed by atoms with Crippen LogP contribution in [0.1, 0.15) is 85.0 Å². The van der Waals surface area contributed by atoms with Crippen molar-refractivity contribution in [3.05, 3.63) is 23.3 Å². The second-order valence-electron chi connectivity index (χ2n) is 11.0. The fourth-order valence-corrected chi connectivity index (χ4v) is 8.16. The lowest BCUT2D eigenvalue weighted by atomic mass is 9.48. The highest BCUT2D eigenvalue weighted by Gasteiger charge is 2.59. The summed E-state index contributed by atoms with van der Waals surface area (Å²) in [4.78, 5) is 0. The molecule has 1 saturated heterocycles. The van der Waals surface area contributed by atoms with Crippen LogP contribution in [0.25, 0.3) is 0 Å². The predicted molar refractivity (Wildman–Crippen MR) is 115 cm³/mol. The van der Waals surface area contributed by atoms with E-state index in [4.69, 9.17) is 9.47 Å². The maximum Gasteiger partial charge on any atom is 0.157 e. The van der Waals surface area contributed by atoms with Gasteiger partial charge in [-0.1, -0.05) is 31.6 Å². The molecule has 1 aliphatic heterocycles. The Kier molecular flexibility index (Phi) is 5.24. The maximum absolute atomic E-state index is 10.8. The minimum absolute atomic E-state index is 0.0321. The van der Waals surface area contributed by atoms with Crippen molar-refractivity contribution in [2.24, 2.45) is 28.6 Å². The largest absolute Gasteiger partial charge is 0.389 e. The molecule has 8 atom stereocenters. The second kappa shape index (κ2) is 7.50. The lowest BCUT2D eigenvalue weighted by Gasteiger charge is -2.57. The van der Waals surface area contributed by atoms with Gasteiger partial charge in [-0.2, -0.15) is 0 Å². The number of fused-ring (bicyclic) bond motifs is 5. The zero-order valence-electron chi connectivity index (χ0n) is 18.7. The third-order valence-corrected chi connectivity index (χ3v) is 9.74. The van der Waals surface area contributed by atoms with Gasteiger partial charge in [0.1, 0.15) is 0 Å². The summed E-state index contributed by atoms with van der Waals surface area (Å²) in [6.45, 7) is 7.97. The summed E-state index contributed by atoms with van der Waals surface area (Å²) in [7, 11) is 0. The van der Waals surface area contributed by atoms with Crippen molar-refractivity contribution >= 4 is 0 Å². The maximum atomic E-state index is 10.8. The van der Waals surface area contributed by atoms with Gasteiger partial charge in [-0.25, -0.2) is 0 Å². The first-order valence-electron chi connectivity index (χ1n) is 12.3. The first-order valence-corrected chi connectivity index (χ1v) is 12.3. The molecule has 0 amide bonds. The number of allylic oxidation sites excluding steroid dienone is 2. The van der Waals surface area contributed by atoms with E-state index >= 15 is 0 Å². The van der Waals surface area contributed by atoms with E-state index in [1.165, 1.54) is 50.5 Å². The summed E-state index contributed by atoms with van der Waals surface area (Å²) >= 11 is 0. The van der Waals surface area contributed by atoms with Crippen LogP contribution in [-0.4, -0.2) is 30.2 Å². The van der Waals surface area contributed by atoms with E-state index in [9.17, 15) is 5.11 Å². The molecule has 162 valence electrons. The van der Waals surface area contributed by atoms with Crippen molar-refractivity contribution in [3.63, 3.8) is 0 Å². The summed E-state index contributed by atoms with van der Waals surface area (Å²) < 4.78 is 12.2. The van der Waals surface area contributed by atoms with Crippen LogP contribution in [0.5, 0.6) is 0 Å². The Morgan fingerprint density at radius 2 is 1.93 bits per heavy atom. The van der Waals surface area contributed by atoms with Crippen molar-refractivity contribution in [3.8, 4) is 0 Å². The highest BCUT2D eigenvalue weighted by molar-refractivity contribution is 5.31. The third kappa shape index (κ3) is 3.18. The molecule has 3 heteroatoms. The molecule has 0 aromatic carbocycles. The second-order valence-corrected chi connectivity index (χ2v) is 11.0. The van der Waals surface area contributed by atoms with E-state index in [1.807, 2.05) is 0 Å². The van der Waals surface area contributed by atoms with Gasteiger partial charge < -0.3 is 14.6 Å². The normalized spacial score (nSPS) is 51.2. The van der Waals surface area contributed by atoms with E-state index in [0.717, 1.165) is 37.7 Å². The summed E-state index contributed by atoms with van der Waals surface area (Å²) in [6.07, 6.45) is 16.7. The van der Waals surface area contributed by atoms with E-state index < -0.39 is 0 Å². The van der Waals surface area contributed by atoms with E-state index in [0.29, 0.717) is 17.4 Å². The topological polar surface area (TPSA) is 38.7 Å². The Morgan fingerprint density at radius 1 is 1.10 bits per heavy atom. The molecular formula is C26H40O3. The van der Waals surface area contributed by atoms with Crippen molar-refractivity contribution in [2.45, 2.75) is 103 Å². The highest BCUT2D eigenvalue weighted by Crippen LogP contribution is 2.66. The minimum Gasteiger partial charge on any atom is -0.389 e. The third-order valence-electron chi connectivity index (χ3n) is 9.74. The smallest absolute Gasteiger partial charge is 0.157 e. The van der Waals surface area contributed by atoms with Crippen LogP contribution in [0.3, 0.4) is 0 Å². The Balaban J connectivity index is 1.34. The summed E-state index contributed by atoms with van der Waals surface area (Å²) in [5, 5.41) is 10.8. The molecule has 5 aliphatic rings. The standard InChI is InChI=1S/C26H40O3/c1-4-20-23(27)16-22-19-9-8-17-15-18(29-24-7-5-6-14-28-24)10-12-25(17,2)21(19)11-13-26(20,22)3/h4,8,18-19,21-24,27H,5-7,9-16H2,1-3H3/b20-4-/t18-,19+,21-,22-,23+,24?,25-,26+/m0/s1. The monoisotopic (exact) mass is 400 g/mol. The van der Waals surface area contributed by atoms with E-state index in [-0.39, 0.29) is 17.8 Å². The molecule has 0 aromatic rings. The summed E-state index contributed by atoms with van der Waals surface area (Å²) in [5.41, 5.74) is 3.54. The van der Waals surface area contributed by atoms with Gasteiger partial charge in [-0.3, -0.25) is 0 Å². The minimum atomic E-state index is -0.216. The molecule has 0 aromatic heterocycles. The number of aliphatic hydroxyl groups is 1. The van der Waals surface area contributed by atoms with Gasteiger partial charge in [0.2, 0.25) is 0 Å². The zero-order valence-corrected chi connectivity index (χ0v) is 18.7. The summed E-state index contributed by atoms with van der Waals surface area (Å²) in [6, 6.07) is 0. The Hall–Kier alpha value is -0.640. The molecule has 3 saturated carbocycles. The lowest BCUT2D eigenvalue weighted by Crippen LogP contribution is -2.50. The van der Waals surface area contributed by atoms with Crippen LogP contribution in [0, 0.1) is 28.6 Å². The molecular weight excluding hydrogens is 360 g/mol.